The molecule has 0 saturated heterocycles. The lowest BCUT2D eigenvalue weighted by Gasteiger charge is -2.15. The minimum atomic E-state index is -0.543. The maximum atomic E-state index is 10.0. The van der Waals surface area contributed by atoms with Gasteiger partial charge in [-0.3, -0.25) is 4.98 Å². The van der Waals surface area contributed by atoms with E-state index in [0.717, 1.165) is 11.3 Å². The van der Waals surface area contributed by atoms with Crippen molar-refractivity contribution < 1.29 is 5.11 Å². The minimum absolute atomic E-state index is 0.482. The standard InChI is InChI=1S/C15H18N2O/c1-11-5-3-7-14(12(11)2)17-10-15(18)13-6-4-8-16-9-13/h3-9,15,17-18H,10H2,1-2H3. The zero-order valence-electron chi connectivity index (χ0n) is 10.7. The van der Waals surface area contributed by atoms with Gasteiger partial charge in [-0.1, -0.05) is 18.2 Å². The molecule has 3 nitrogen and oxygen atoms in total. The highest BCUT2D eigenvalue weighted by Crippen LogP contribution is 2.19. The molecular formula is C15H18N2O. The van der Waals surface area contributed by atoms with Gasteiger partial charge >= 0.3 is 0 Å². The average Bonchev–Trinajstić information content (AvgIpc) is 2.41. The van der Waals surface area contributed by atoms with Crippen molar-refractivity contribution in [2.24, 2.45) is 0 Å². The van der Waals surface area contributed by atoms with Crippen LogP contribution in [0.5, 0.6) is 0 Å². The van der Waals surface area contributed by atoms with Gasteiger partial charge in [-0.25, -0.2) is 0 Å². The average molecular weight is 242 g/mol. The molecule has 1 atom stereocenters. The Balaban J connectivity index is 2.02. The van der Waals surface area contributed by atoms with E-state index >= 15 is 0 Å². The predicted octanol–water partition coefficient (Wildman–Crippen LogP) is 2.84. The van der Waals surface area contributed by atoms with Crippen LogP contribution < -0.4 is 5.32 Å². The van der Waals surface area contributed by atoms with Crippen molar-refractivity contribution in [3.05, 3.63) is 59.4 Å². The van der Waals surface area contributed by atoms with E-state index in [0.29, 0.717) is 6.54 Å². The molecule has 2 aromatic rings. The van der Waals surface area contributed by atoms with Gasteiger partial charge in [0.25, 0.3) is 0 Å². The Bertz CT molecular complexity index is 511. The number of aliphatic hydroxyl groups is 1. The highest BCUT2D eigenvalue weighted by molar-refractivity contribution is 5.53. The van der Waals surface area contributed by atoms with Gasteiger partial charge in [-0.05, 0) is 37.1 Å². The molecule has 0 saturated carbocycles. The highest BCUT2D eigenvalue weighted by Gasteiger charge is 2.08. The highest BCUT2D eigenvalue weighted by atomic mass is 16.3. The van der Waals surface area contributed by atoms with Crippen molar-refractivity contribution in [3.63, 3.8) is 0 Å². The van der Waals surface area contributed by atoms with Gasteiger partial charge in [0.05, 0.1) is 6.10 Å². The summed E-state index contributed by atoms with van der Waals surface area (Å²) in [6, 6.07) is 9.83. The van der Waals surface area contributed by atoms with Crippen LogP contribution in [0.3, 0.4) is 0 Å². The molecule has 94 valence electrons. The molecule has 0 spiro atoms. The molecule has 0 fully saturated rings. The number of aryl methyl sites for hydroxylation is 1. The monoisotopic (exact) mass is 242 g/mol. The first-order chi connectivity index (χ1) is 8.68. The number of benzene rings is 1. The van der Waals surface area contributed by atoms with E-state index in [1.165, 1.54) is 11.1 Å². The van der Waals surface area contributed by atoms with E-state index in [9.17, 15) is 5.11 Å². The van der Waals surface area contributed by atoms with Gasteiger partial charge in [0, 0.05) is 30.2 Å². The van der Waals surface area contributed by atoms with E-state index < -0.39 is 6.10 Å². The first-order valence-corrected chi connectivity index (χ1v) is 6.06. The van der Waals surface area contributed by atoms with E-state index in [-0.39, 0.29) is 0 Å². The fourth-order valence-corrected chi connectivity index (χ4v) is 1.84. The Morgan fingerprint density at radius 2 is 2.06 bits per heavy atom. The number of hydrogen-bond donors (Lipinski definition) is 2. The fraction of sp³-hybridized carbons (Fsp3) is 0.267. The summed E-state index contributed by atoms with van der Waals surface area (Å²) in [7, 11) is 0. The van der Waals surface area contributed by atoms with E-state index in [1.807, 2.05) is 24.3 Å². The summed E-state index contributed by atoms with van der Waals surface area (Å²) in [4.78, 5) is 4.00. The topological polar surface area (TPSA) is 45.1 Å². The van der Waals surface area contributed by atoms with Crippen molar-refractivity contribution in [3.8, 4) is 0 Å². The normalized spacial score (nSPS) is 12.2. The summed E-state index contributed by atoms with van der Waals surface area (Å²) in [6.45, 7) is 4.64. The number of aromatic nitrogens is 1. The number of rotatable bonds is 4. The van der Waals surface area contributed by atoms with E-state index in [4.69, 9.17) is 0 Å². The minimum Gasteiger partial charge on any atom is -0.387 e. The van der Waals surface area contributed by atoms with Crippen LogP contribution in [-0.4, -0.2) is 16.6 Å². The Hall–Kier alpha value is -1.87. The van der Waals surface area contributed by atoms with Gasteiger partial charge in [-0.15, -0.1) is 0 Å². The second-order valence-corrected chi connectivity index (χ2v) is 4.43. The molecule has 0 radical (unpaired) electrons. The zero-order valence-corrected chi connectivity index (χ0v) is 10.7. The Morgan fingerprint density at radius 3 is 2.78 bits per heavy atom. The van der Waals surface area contributed by atoms with Crippen LogP contribution in [0, 0.1) is 13.8 Å². The molecule has 0 aliphatic heterocycles. The van der Waals surface area contributed by atoms with Crippen molar-refractivity contribution in [2.45, 2.75) is 20.0 Å². The molecule has 0 bridgehead atoms. The number of anilines is 1. The molecular weight excluding hydrogens is 224 g/mol. The van der Waals surface area contributed by atoms with Gasteiger partial charge in [0.1, 0.15) is 0 Å². The largest absolute Gasteiger partial charge is 0.387 e. The lowest BCUT2D eigenvalue weighted by Crippen LogP contribution is -2.13. The Kier molecular flexibility index (Phi) is 3.95. The number of nitrogens with one attached hydrogen (secondary N) is 1. The van der Waals surface area contributed by atoms with E-state index in [2.05, 4.69) is 30.2 Å². The fourth-order valence-electron chi connectivity index (χ4n) is 1.84. The van der Waals surface area contributed by atoms with Gasteiger partial charge < -0.3 is 10.4 Å². The first kappa shape index (κ1) is 12.6. The molecule has 1 aromatic heterocycles. The molecule has 0 aliphatic rings. The van der Waals surface area contributed by atoms with Crippen LogP contribution in [-0.2, 0) is 0 Å². The second kappa shape index (κ2) is 5.65. The van der Waals surface area contributed by atoms with Crippen molar-refractivity contribution in [1.82, 2.24) is 4.98 Å². The SMILES string of the molecule is Cc1cccc(NCC(O)c2cccnc2)c1C. The van der Waals surface area contributed by atoms with Gasteiger partial charge in [0.2, 0.25) is 0 Å². The molecule has 2 N–H and O–H groups in total. The number of hydrogen-bond acceptors (Lipinski definition) is 3. The van der Waals surface area contributed by atoms with Crippen molar-refractivity contribution in [1.29, 1.82) is 0 Å². The van der Waals surface area contributed by atoms with Crippen LogP contribution in [0.25, 0.3) is 0 Å². The molecule has 0 aliphatic carbocycles. The summed E-state index contributed by atoms with van der Waals surface area (Å²) >= 11 is 0. The molecule has 3 heteroatoms. The van der Waals surface area contributed by atoms with Crippen LogP contribution in [0.1, 0.15) is 22.8 Å². The first-order valence-electron chi connectivity index (χ1n) is 6.06. The number of pyridine rings is 1. The van der Waals surface area contributed by atoms with E-state index in [1.54, 1.807) is 12.4 Å². The maximum absolute atomic E-state index is 10.0. The lowest BCUT2D eigenvalue weighted by molar-refractivity contribution is 0.191. The molecule has 1 heterocycles. The summed E-state index contributed by atoms with van der Waals surface area (Å²) < 4.78 is 0. The van der Waals surface area contributed by atoms with Crippen molar-refractivity contribution in [2.75, 3.05) is 11.9 Å². The number of nitrogens with zero attached hydrogens (tertiary/aromatic N) is 1. The molecule has 1 aromatic carbocycles. The van der Waals surface area contributed by atoms with Crippen LogP contribution in [0.4, 0.5) is 5.69 Å². The lowest BCUT2D eigenvalue weighted by atomic mass is 10.1. The molecule has 1 unspecified atom stereocenters. The molecule has 0 amide bonds. The third-order valence-corrected chi connectivity index (χ3v) is 3.16. The molecule has 2 rings (SSSR count). The Labute approximate surface area is 108 Å². The summed E-state index contributed by atoms with van der Waals surface area (Å²) in [5.74, 6) is 0. The zero-order chi connectivity index (χ0) is 13.0. The van der Waals surface area contributed by atoms with Crippen LogP contribution in [0.15, 0.2) is 42.7 Å². The summed E-state index contributed by atoms with van der Waals surface area (Å²) in [6.07, 6.45) is 2.85. The second-order valence-electron chi connectivity index (χ2n) is 4.43. The Morgan fingerprint density at radius 1 is 1.22 bits per heavy atom. The molecule has 18 heavy (non-hydrogen) atoms. The van der Waals surface area contributed by atoms with Crippen molar-refractivity contribution >= 4 is 5.69 Å². The third kappa shape index (κ3) is 2.87. The van der Waals surface area contributed by atoms with Gasteiger partial charge in [-0.2, -0.15) is 0 Å². The summed E-state index contributed by atoms with van der Waals surface area (Å²) in [5.41, 5.74) is 4.36. The third-order valence-electron chi connectivity index (χ3n) is 3.16. The van der Waals surface area contributed by atoms with Gasteiger partial charge in [0.15, 0.2) is 0 Å². The predicted molar refractivity (Wildman–Crippen MR) is 73.6 cm³/mol. The van der Waals surface area contributed by atoms with Crippen LogP contribution in [0.2, 0.25) is 0 Å². The maximum Gasteiger partial charge on any atom is 0.0977 e. The quantitative estimate of drug-likeness (QED) is 0.866. The number of aliphatic hydroxyl groups excluding tert-OH is 1. The summed E-state index contributed by atoms with van der Waals surface area (Å²) in [5, 5.41) is 13.3. The van der Waals surface area contributed by atoms with Crippen LogP contribution >= 0.6 is 0 Å². The smallest absolute Gasteiger partial charge is 0.0977 e.